The predicted molar refractivity (Wildman–Crippen MR) is 157 cm³/mol. The molecule has 3 aromatic rings. The van der Waals surface area contributed by atoms with Crippen LogP contribution in [0.4, 0.5) is 5.95 Å². The standard InChI is InChI=1S/C28H31Cl2N7O4/c1-6-22(38)33-17-7-8-41-14-19(17)35-27-31-11-15-9-18(34-26(25(15)36-27)16-12-32-37(3)13-16)23-24(29)20(39-4)10-21(40-5)28(23,2)30/h6,9-13,17,19,21H,1,7-8,14H2,2-5H3,(H,33,38)(H,31,35,36)/t17-,19+,21?,28?/m0/s1. The number of amides is 1. The molecule has 0 saturated carbocycles. The van der Waals surface area contributed by atoms with Crippen LogP contribution in [-0.2, 0) is 26.1 Å². The van der Waals surface area contributed by atoms with Gasteiger partial charge in [-0.05, 0) is 31.6 Å². The highest BCUT2D eigenvalue weighted by atomic mass is 35.5. The van der Waals surface area contributed by atoms with Gasteiger partial charge in [0.15, 0.2) is 0 Å². The molecule has 41 heavy (non-hydrogen) atoms. The van der Waals surface area contributed by atoms with Crippen molar-refractivity contribution in [2.75, 3.05) is 32.8 Å². The lowest BCUT2D eigenvalue weighted by Crippen LogP contribution is -2.52. The monoisotopic (exact) mass is 599 g/mol. The smallest absolute Gasteiger partial charge is 0.243 e. The van der Waals surface area contributed by atoms with Crippen LogP contribution < -0.4 is 10.6 Å². The molecule has 0 radical (unpaired) electrons. The number of carbonyl (C=O) groups is 1. The van der Waals surface area contributed by atoms with Crippen molar-refractivity contribution in [1.29, 1.82) is 0 Å². The first-order chi connectivity index (χ1) is 19.7. The third kappa shape index (κ3) is 5.67. The highest BCUT2D eigenvalue weighted by molar-refractivity contribution is 6.40. The first kappa shape index (κ1) is 29.0. The Morgan fingerprint density at radius 1 is 1.29 bits per heavy atom. The molecule has 2 N–H and O–H groups in total. The number of rotatable bonds is 8. The average molecular weight is 601 g/mol. The number of carbonyl (C=O) groups excluding carboxylic acids is 1. The zero-order valence-corrected chi connectivity index (χ0v) is 24.7. The van der Waals surface area contributed by atoms with E-state index in [1.54, 1.807) is 30.3 Å². The van der Waals surface area contributed by atoms with Gasteiger partial charge in [0.25, 0.3) is 0 Å². The molecule has 1 aliphatic carbocycles. The van der Waals surface area contributed by atoms with Crippen LogP contribution in [0.1, 0.15) is 19.0 Å². The summed E-state index contributed by atoms with van der Waals surface area (Å²) in [5.41, 5.74) is 2.99. The molecule has 11 nitrogen and oxygen atoms in total. The summed E-state index contributed by atoms with van der Waals surface area (Å²) >= 11 is 13.9. The van der Waals surface area contributed by atoms with E-state index in [9.17, 15) is 4.79 Å². The summed E-state index contributed by atoms with van der Waals surface area (Å²) < 4.78 is 18.6. The Labute approximate surface area is 247 Å². The van der Waals surface area contributed by atoms with Gasteiger partial charge >= 0.3 is 0 Å². The van der Waals surface area contributed by atoms with Gasteiger partial charge in [-0.15, -0.1) is 11.6 Å². The van der Waals surface area contributed by atoms with E-state index in [1.807, 2.05) is 26.2 Å². The molecular weight excluding hydrogens is 569 g/mol. The van der Waals surface area contributed by atoms with Gasteiger partial charge in [0.05, 0.1) is 42.7 Å². The van der Waals surface area contributed by atoms with E-state index >= 15 is 0 Å². The van der Waals surface area contributed by atoms with Crippen molar-refractivity contribution in [2.45, 2.75) is 36.4 Å². The van der Waals surface area contributed by atoms with Crippen molar-refractivity contribution in [1.82, 2.24) is 30.0 Å². The summed E-state index contributed by atoms with van der Waals surface area (Å²) in [5.74, 6) is 0.564. The molecule has 5 rings (SSSR count). The second-order valence-electron chi connectivity index (χ2n) is 9.98. The molecule has 1 amide bonds. The second kappa shape index (κ2) is 11.8. The molecule has 1 aliphatic heterocycles. The van der Waals surface area contributed by atoms with Gasteiger partial charge in [0.1, 0.15) is 27.9 Å². The number of aromatic nitrogens is 5. The van der Waals surface area contributed by atoms with Crippen LogP contribution in [0, 0.1) is 0 Å². The van der Waals surface area contributed by atoms with Crippen molar-refractivity contribution in [3.8, 4) is 11.3 Å². The number of ether oxygens (including phenoxy) is 3. The van der Waals surface area contributed by atoms with Crippen LogP contribution in [-0.4, -0.2) is 81.1 Å². The maximum Gasteiger partial charge on any atom is 0.243 e. The number of fused-ring (bicyclic) bond motifs is 1. The molecule has 2 aliphatic rings. The van der Waals surface area contributed by atoms with Gasteiger partial charge in [-0.3, -0.25) is 9.48 Å². The van der Waals surface area contributed by atoms with E-state index in [2.05, 4.69) is 27.3 Å². The normalized spacial score (nSPS) is 24.6. The lowest BCUT2D eigenvalue weighted by Gasteiger charge is -2.36. The molecule has 1 fully saturated rings. The maximum absolute atomic E-state index is 12.0. The molecule has 13 heteroatoms. The minimum atomic E-state index is -1.05. The number of nitrogens with zero attached hydrogens (tertiary/aromatic N) is 5. The Morgan fingerprint density at radius 3 is 2.78 bits per heavy atom. The summed E-state index contributed by atoms with van der Waals surface area (Å²) in [5, 5.41) is 11.7. The van der Waals surface area contributed by atoms with Crippen molar-refractivity contribution in [3.63, 3.8) is 0 Å². The Hall–Kier alpha value is -3.51. The molecule has 4 atom stereocenters. The van der Waals surface area contributed by atoms with Gasteiger partial charge in [0.2, 0.25) is 11.9 Å². The summed E-state index contributed by atoms with van der Waals surface area (Å²) in [6, 6.07) is 1.43. The first-order valence-corrected chi connectivity index (χ1v) is 13.7. The van der Waals surface area contributed by atoms with Crippen molar-refractivity contribution in [2.24, 2.45) is 7.05 Å². The summed E-state index contributed by atoms with van der Waals surface area (Å²) in [6.07, 6.45) is 8.40. The number of anilines is 1. The molecule has 4 heterocycles. The number of hydrogen-bond acceptors (Lipinski definition) is 9. The van der Waals surface area contributed by atoms with Gasteiger partial charge in [0, 0.05) is 49.7 Å². The average Bonchev–Trinajstić information content (AvgIpc) is 3.39. The zero-order chi connectivity index (χ0) is 29.3. The highest BCUT2D eigenvalue weighted by Gasteiger charge is 2.43. The van der Waals surface area contributed by atoms with Gasteiger partial charge < -0.3 is 24.8 Å². The number of methoxy groups -OCH3 is 2. The highest BCUT2D eigenvalue weighted by Crippen LogP contribution is 2.47. The summed E-state index contributed by atoms with van der Waals surface area (Å²) in [6.45, 7) is 6.29. The van der Waals surface area contributed by atoms with E-state index in [0.717, 1.165) is 5.56 Å². The van der Waals surface area contributed by atoms with E-state index in [4.69, 9.17) is 47.4 Å². The Kier molecular flexibility index (Phi) is 8.32. The molecule has 0 bridgehead atoms. The number of nitrogens with one attached hydrogen (secondary N) is 2. The fourth-order valence-electron chi connectivity index (χ4n) is 5.10. The largest absolute Gasteiger partial charge is 0.495 e. The van der Waals surface area contributed by atoms with Crippen LogP contribution in [0.25, 0.3) is 27.7 Å². The molecule has 2 unspecified atom stereocenters. The van der Waals surface area contributed by atoms with Crippen LogP contribution in [0.15, 0.2) is 54.2 Å². The number of hydrogen-bond donors (Lipinski definition) is 2. The third-order valence-corrected chi connectivity index (χ3v) is 8.00. The Bertz CT molecular complexity index is 1550. The zero-order valence-electron chi connectivity index (χ0n) is 23.1. The number of pyridine rings is 1. The first-order valence-electron chi connectivity index (χ1n) is 13.0. The lowest BCUT2D eigenvalue weighted by molar-refractivity contribution is -0.117. The van der Waals surface area contributed by atoms with E-state index in [1.165, 1.54) is 13.2 Å². The molecule has 0 aromatic carbocycles. The van der Waals surface area contributed by atoms with Crippen LogP contribution in [0.3, 0.4) is 0 Å². The molecule has 1 saturated heterocycles. The predicted octanol–water partition coefficient (Wildman–Crippen LogP) is 3.80. The lowest BCUT2D eigenvalue weighted by atomic mass is 9.86. The van der Waals surface area contributed by atoms with Gasteiger partial charge in [-0.1, -0.05) is 18.2 Å². The topological polar surface area (TPSA) is 125 Å². The van der Waals surface area contributed by atoms with Crippen LogP contribution in [0.2, 0.25) is 0 Å². The number of allylic oxidation sites excluding steroid dienone is 1. The minimum absolute atomic E-state index is 0.176. The van der Waals surface area contributed by atoms with Gasteiger partial charge in [-0.25, -0.2) is 15.0 Å². The van der Waals surface area contributed by atoms with E-state index in [-0.39, 0.29) is 18.0 Å². The fourth-order valence-corrected chi connectivity index (χ4v) is 5.92. The summed E-state index contributed by atoms with van der Waals surface area (Å²) in [7, 11) is 4.94. The third-order valence-electron chi connectivity index (χ3n) is 7.22. The van der Waals surface area contributed by atoms with Crippen molar-refractivity contribution >= 4 is 51.5 Å². The molecule has 0 spiro atoms. The number of halogens is 2. The fraction of sp³-hybridized carbons (Fsp3) is 0.393. The molecule has 3 aromatic heterocycles. The maximum atomic E-state index is 12.0. The second-order valence-corrected chi connectivity index (χ2v) is 11.1. The number of alkyl halides is 1. The van der Waals surface area contributed by atoms with Crippen LogP contribution >= 0.6 is 23.2 Å². The molecule has 216 valence electrons. The van der Waals surface area contributed by atoms with Crippen molar-refractivity contribution in [3.05, 3.63) is 59.9 Å². The summed E-state index contributed by atoms with van der Waals surface area (Å²) in [4.78, 5) is 25.4. The SMILES string of the molecule is C=CC(=O)N[C@H]1CCOC[C@H]1Nc1ncc2cc(C3=C(Cl)C(OC)=CC(OC)C3(C)Cl)nc(-c3cnn(C)c3)c2n1. The number of aryl methyl sites for hydroxylation is 1. The van der Waals surface area contributed by atoms with Crippen molar-refractivity contribution < 1.29 is 19.0 Å². The van der Waals surface area contributed by atoms with E-state index in [0.29, 0.717) is 64.2 Å². The Balaban J connectivity index is 1.62. The van der Waals surface area contributed by atoms with Crippen LogP contribution in [0.5, 0.6) is 0 Å². The minimum Gasteiger partial charge on any atom is -0.495 e. The molecular formula is C28H31Cl2N7O4. The quantitative estimate of drug-likeness (QED) is 0.293. The van der Waals surface area contributed by atoms with Gasteiger partial charge in [-0.2, -0.15) is 5.10 Å². The Morgan fingerprint density at radius 2 is 2.10 bits per heavy atom. The van der Waals surface area contributed by atoms with E-state index < -0.39 is 11.0 Å².